The van der Waals surface area contributed by atoms with Crippen molar-refractivity contribution in [1.29, 1.82) is 0 Å². The van der Waals surface area contributed by atoms with Crippen LogP contribution in [-0.4, -0.2) is 32.8 Å². The van der Waals surface area contributed by atoms with Crippen LogP contribution in [0.5, 0.6) is 5.75 Å². The zero-order valence-corrected chi connectivity index (χ0v) is 13.9. The number of ether oxygens (including phenoxy) is 1. The van der Waals surface area contributed by atoms with Gasteiger partial charge >= 0.3 is 0 Å². The molecule has 1 aliphatic rings. The van der Waals surface area contributed by atoms with Crippen LogP contribution in [0.2, 0.25) is 0 Å². The Morgan fingerprint density at radius 3 is 2.17 bits per heavy atom. The number of hydrogen-bond donors (Lipinski definition) is 0. The van der Waals surface area contributed by atoms with Gasteiger partial charge in [-0.25, -0.2) is 0 Å². The third-order valence-corrected chi connectivity index (χ3v) is 4.35. The van der Waals surface area contributed by atoms with Gasteiger partial charge in [-0.3, -0.25) is 0 Å². The first-order valence-electron chi connectivity index (χ1n) is 8.64. The van der Waals surface area contributed by atoms with Crippen LogP contribution in [-0.2, 0) is 0 Å². The summed E-state index contributed by atoms with van der Waals surface area (Å²) in [7, 11) is 0. The molecule has 0 spiro atoms. The van der Waals surface area contributed by atoms with E-state index in [1.807, 2.05) is 0 Å². The Morgan fingerprint density at radius 2 is 1.48 bits per heavy atom. The Labute approximate surface area is 139 Å². The van der Waals surface area contributed by atoms with Gasteiger partial charge in [0.05, 0.1) is 6.61 Å². The summed E-state index contributed by atoms with van der Waals surface area (Å²) >= 11 is 0. The predicted octanol–water partition coefficient (Wildman–Crippen LogP) is 4.19. The molecule has 3 heteroatoms. The molecule has 0 saturated carbocycles. The fourth-order valence-corrected chi connectivity index (χ4v) is 2.97. The first-order chi connectivity index (χ1) is 11.4. The maximum absolute atomic E-state index is 5.83. The van der Waals surface area contributed by atoms with Gasteiger partial charge in [0.2, 0.25) is 0 Å². The van der Waals surface area contributed by atoms with E-state index in [-0.39, 0.29) is 0 Å². The molecule has 1 aliphatic heterocycles. The molecule has 2 aromatic carbocycles. The van der Waals surface area contributed by atoms with E-state index in [4.69, 9.17) is 4.74 Å². The Hall–Kier alpha value is -2.16. The normalized spacial score (nSPS) is 14.8. The maximum atomic E-state index is 5.83. The van der Waals surface area contributed by atoms with Crippen LogP contribution < -0.4 is 14.5 Å². The molecule has 0 atom stereocenters. The van der Waals surface area contributed by atoms with Crippen LogP contribution in [0.15, 0.2) is 54.6 Å². The highest BCUT2D eigenvalue weighted by molar-refractivity contribution is 5.53. The average molecular weight is 310 g/mol. The molecule has 1 fully saturated rings. The largest absolute Gasteiger partial charge is 0.494 e. The molecule has 3 nitrogen and oxygen atoms in total. The Bertz CT molecular complexity index is 592. The minimum Gasteiger partial charge on any atom is -0.494 e. The third kappa shape index (κ3) is 4.19. The zero-order chi connectivity index (χ0) is 15.9. The van der Waals surface area contributed by atoms with Crippen LogP contribution >= 0.6 is 0 Å². The van der Waals surface area contributed by atoms with Gasteiger partial charge < -0.3 is 14.5 Å². The monoisotopic (exact) mass is 310 g/mol. The van der Waals surface area contributed by atoms with Crippen molar-refractivity contribution in [3.8, 4) is 5.75 Å². The third-order valence-electron chi connectivity index (χ3n) is 4.35. The lowest BCUT2D eigenvalue weighted by atomic mass is 10.2. The lowest BCUT2D eigenvalue weighted by Gasteiger charge is -2.37. The minimum atomic E-state index is 0.807. The summed E-state index contributed by atoms with van der Waals surface area (Å²) in [5.41, 5.74) is 2.59. The van der Waals surface area contributed by atoms with Crippen LogP contribution in [0.4, 0.5) is 11.4 Å². The molecule has 3 rings (SSSR count). The first-order valence-corrected chi connectivity index (χ1v) is 8.64. The molecule has 2 aromatic rings. The molecule has 1 heterocycles. The summed E-state index contributed by atoms with van der Waals surface area (Å²) in [6.45, 7) is 7.21. The second kappa shape index (κ2) is 7.91. The second-order valence-electron chi connectivity index (χ2n) is 6.01. The van der Waals surface area contributed by atoms with Gasteiger partial charge in [-0.05, 0) is 30.7 Å². The number of anilines is 2. The molecule has 0 unspecified atom stereocenters. The minimum absolute atomic E-state index is 0.807. The summed E-state index contributed by atoms with van der Waals surface area (Å²) in [6.07, 6.45) is 2.28. The van der Waals surface area contributed by atoms with Crippen molar-refractivity contribution < 1.29 is 4.74 Å². The number of piperazine rings is 1. The van der Waals surface area contributed by atoms with E-state index < -0.39 is 0 Å². The van der Waals surface area contributed by atoms with Gasteiger partial charge in [-0.1, -0.05) is 37.6 Å². The van der Waals surface area contributed by atoms with E-state index >= 15 is 0 Å². The summed E-state index contributed by atoms with van der Waals surface area (Å²) < 4.78 is 5.83. The first kappa shape index (κ1) is 15.7. The van der Waals surface area contributed by atoms with Crippen LogP contribution in [0.25, 0.3) is 0 Å². The van der Waals surface area contributed by atoms with Crippen LogP contribution in [0.1, 0.15) is 19.8 Å². The molecule has 1 saturated heterocycles. The quantitative estimate of drug-likeness (QED) is 0.744. The molecule has 122 valence electrons. The molecule has 0 aromatic heterocycles. The predicted molar refractivity (Wildman–Crippen MR) is 97.7 cm³/mol. The number of unbranched alkanes of at least 4 members (excludes halogenated alkanes) is 1. The Kier molecular flexibility index (Phi) is 5.41. The Morgan fingerprint density at radius 1 is 0.826 bits per heavy atom. The maximum Gasteiger partial charge on any atom is 0.121 e. The van der Waals surface area contributed by atoms with E-state index in [0.717, 1.165) is 45.0 Å². The lowest BCUT2D eigenvalue weighted by molar-refractivity contribution is 0.309. The van der Waals surface area contributed by atoms with Gasteiger partial charge in [0, 0.05) is 43.6 Å². The highest BCUT2D eigenvalue weighted by Crippen LogP contribution is 2.24. The van der Waals surface area contributed by atoms with E-state index in [0.29, 0.717) is 0 Å². The highest BCUT2D eigenvalue weighted by Gasteiger charge is 2.17. The topological polar surface area (TPSA) is 15.7 Å². The summed E-state index contributed by atoms with van der Waals surface area (Å²) in [4.78, 5) is 4.91. The number of hydrogen-bond acceptors (Lipinski definition) is 3. The van der Waals surface area contributed by atoms with E-state index in [2.05, 4.69) is 71.3 Å². The van der Waals surface area contributed by atoms with Crippen molar-refractivity contribution >= 4 is 11.4 Å². The molecule has 0 N–H and O–H groups in total. The van der Waals surface area contributed by atoms with Crippen molar-refractivity contribution in [1.82, 2.24) is 0 Å². The van der Waals surface area contributed by atoms with Crippen LogP contribution in [0, 0.1) is 0 Å². The fraction of sp³-hybridized carbons (Fsp3) is 0.400. The molecular formula is C20H26N2O. The second-order valence-corrected chi connectivity index (χ2v) is 6.01. The lowest BCUT2D eigenvalue weighted by Crippen LogP contribution is -2.46. The SMILES string of the molecule is CCCCOc1cccc(N2CCN(c3ccccc3)CC2)c1. The van der Waals surface area contributed by atoms with Gasteiger partial charge in [0.15, 0.2) is 0 Å². The standard InChI is InChI=1S/C20H26N2O/c1-2-3-16-23-20-11-7-10-19(17-20)22-14-12-21(13-15-22)18-8-5-4-6-9-18/h4-11,17H,2-3,12-16H2,1H3. The van der Waals surface area contributed by atoms with Crippen LogP contribution in [0.3, 0.4) is 0 Å². The van der Waals surface area contributed by atoms with Crippen molar-refractivity contribution in [2.45, 2.75) is 19.8 Å². The van der Waals surface area contributed by atoms with Crippen molar-refractivity contribution in [3.63, 3.8) is 0 Å². The number of rotatable bonds is 6. The molecule has 23 heavy (non-hydrogen) atoms. The summed E-state index contributed by atoms with van der Waals surface area (Å²) in [5, 5.41) is 0. The molecular weight excluding hydrogens is 284 g/mol. The van der Waals surface area contributed by atoms with Gasteiger partial charge in [0.25, 0.3) is 0 Å². The van der Waals surface area contributed by atoms with E-state index in [9.17, 15) is 0 Å². The van der Waals surface area contributed by atoms with E-state index in [1.165, 1.54) is 17.8 Å². The highest BCUT2D eigenvalue weighted by atomic mass is 16.5. The zero-order valence-electron chi connectivity index (χ0n) is 13.9. The average Bonchev–Trinajstić information content (AvgIpc) is 2.63. The Balaban J connectivity index is 1.58. The van der Waals surface area contributed by atoms with E-state index in [1.54, 1.807) is 0 Å². The number of para-hydroxylation sites is 1. The number of nitrogens with zero attached hydrogens (tertiary/aromatic N) is 2. The molecule has 0 aliphatic carbocycles. The van der Waals surface area contributed by atoms with Crippen molar-refractivity contribution in [2.24, 2.45) is 0 Å². The van der Waals surface area contributed by atoms with Crippen molar-refractivity contribution in [3.05, 3.63) is 54.6 Å². The van der Waals surface area contributed by atoms with Gasteiger partial charge in [-0.2, -0.15) is 0 Å². The molecule has 0 bridgehead atoms. The van der Waals surface area contributed by atoms with Gasteiger partial charge in [-0.15, -0.1) is 0 Å². The number of benzene rings is 2. The molecule has 0 radical (unpaired) electrons. The fourth-order valence-electron chi connectivity index (χ4n) is 2.97. The smallest absolute Gasteiger partial charge is 0.121 e. The summed E-state index contributed by atoms with van der Waals surface area (Å²) in [5.74, 6) is 0.987. The molecule has 0 amide bonds. The summed E-state index contributed by atoms with van der Waals surface area (Å²) in [6, 6.07) is 19.2. The van der Waals surface area contributed by atoms with Gasteiger partial charge in [0.1, 0.15) is 5.75 Å². The van der Waals surface area contributed by atoms with Crippen molar-refractivity contribution in [2.75, 3.05) is 42.6 Å².